The number of likely N-dealkylation sites (tertiary alicyclic amines) is 1. The Balaban J connectivity index is 1.99. The highest BCUT2D eigenvalue weighted by molar-refractivity contribution is 5.97. The van der Waals surface area contributed by atoms with Crippen molar-refractivity contribution in [1.82, 2.24) is 4.90 Å². The van der Waals surface area contributed by atoms with E-state index in [9.17, 15) is 14.7 Å². The first-order valence-electron chi connectivity index (χ1n) is 8.55. The second-order valence-electron chi connectivity index (χ2n) is 6.48. The fourth-order valence-corrected chi connectivity index (χ4v) is 2.61. The lowest BCUT2D eigenvalue weighted by molar-refractivity contribution is -0.120. The number of nitrogens with one attached hydrogen (secondary N) is 1. The van der Waals surface area contributed by atoms with E-state index in [0.717, 1.165) is 5.75 Å². The van der Waals surface area contributed by atoms with Crippen molar-refractivity contribution in [3.63, 3.8) is 0 Å². The maximum absolute atomic E-state index is 12.5. The SMILES string of the molecule is CCOc1ccc(NC(=O)C2CC(O)CN2C(=O)OCC(C)C)cc1. The van der Waals surface area contributed by atoms with E-state index in [-0.39, 0.29) is 31.4 Å². The monoisotopic (exact) mass is 350 g/mol. The molecule has 1 aromatic rings. The Kier molecular flexibility index (Phi) is 6.64. The summed E-state index contributed by atoms with van der Waals surface area (Å²) in [5.41, 5.74) is 0.602. The lowest BCUT2D eigenvalue weighted by Crippen LogP contribution is -2.43. The molecule has 0 spiro atoms. The number of hydrogen-bond acceptors (Lipinski definition) is 5. The molecule has 2 amide bonds. The topological polar surface area (TPSA) is 88.1 Å². The average Bonchev–Trinajstić information content (AvgIpc) is 2.97. The lowest BCUT2D eigenvalue weighted by Gasteiger charge is -2.23. The van der Waals surface area contributed by atoms with Crippen LogP contribution in [0.5, 0.6) is 5.75 Å². The zero-order valence-electron chi connectivity index (χ0n) is 14.9. The van der Waals surface area contributed by atoms with Gasteiger partial charge in [-0.2, -0.15) is 0 Å². The van der Waals surface area contributed by atoms with E-state index >= 15 is 0 Å². The summed E-state index contributed by atoms with van der Waals surface area (Å²) in [7, 11) is 0. The van der Waals surface area contributed by atoms with Gasteiger partial charge in [0.25, 0.3) is 0 Å². The van der Waals surface area contributed by atoms with Crippen LogP contribution in [0, 0.1) is 5.92 Å². The molecule has 0 radical (unpaired) electrons. The predicted octanol–water partition coefficient (Wildman–Crippen LogP) is 2.25. The van der Waals surface area contributed by atoms with Crippen molar-refractivity contribution in [1.29, 1.82) is 0 Å². The summed E-state index contributed by atoms with van der Waals surface area (Å²) in [6, 6.07) is 6.24. The minimum absolute atomic E-state index is 0.0955. The van der Waals surface area contributed by atoms with Gasteiger partial charge in [0.1, 0.15) is 11.8 Å². The first-order chi connectivity index (χ1) is 11.9. The highest BCUT2D eigenvalue weighted by atomic mass is 16.6. The molecule has 1 aliphatic rings. The van der Waals surface area contributed by atoms with Crippen LogP contribution >= 0.6 is 0 Å². The summed E-state index contributed by atoms with van der Waals surface area (Å²) in [5.74, 6) is 0.575. The maximum atomic E-state index is 12.5. The Morgan fingerprint density at radius 1 is 1.32 bits per heavy atom. The van der Waals surface area contributed by atoms with E-state index in [1.54, 1.807) is 24.3 Å². The van der Waals surface area contributed by atoms with Gasteiger partial charge in [-0.1, -0.05) is 13.8 Å². The van der Waals surface area contributed by atoms with Crippen molar-refractivity contribution in [2.24, 2.45) is 5.92 Å². The predicted molar refractivity (Wildman–Crippen MR) is 93.5 cm³/mol. The van der Waals surface area contributed by atoms with Crippen LogP contribution in [0.4, 0.5) is 10.5 Å². The van der Waals surface area contributed by atoms with Crippen LogP contribution in [0.2, 0.25) is 0 Å². The van der Waals surface area contributed by atoms with E-state index in [0.29, 0.717) is 12.3 Å². The third-order valence-electron chi connectivity index (χ3n) is 3.79. The molecule has 1 aliphatic heterocycles. The molecule has 7 nitrogen and oxygen atoms in total. The van der Waals surface area contributed by atoms with Gasteiger partial charge in [0, 0.05) is 12.1 Å². The second-order valence-corrected chi connectivity index (χ2v) is 6.48. The summed E-state index contributed by atoms with van der Waals surface area (Å²) in [5, 5.41) is 12.6. The summed E-state index contributed by atoms with van der Waals surface area (Å²) in [4.78, 5) is 26.0. The third kappa shape index (κ3) is 5.35. The molecule has 0 aromatic heterocycles. The molecular formula is C18H26N2O5. The highest BCUT2D eigenvalue weighted by Gasteiger charge is 2.39. The number of carbonyl (C=O) groups is 2. The second kappa shape index (κ2) is 8.71. The van der Waals surface area contributed by atoms with Gasteiger partial charge in [0.05, 0.1) is 25.9 Å². The molecule has 1 fully saturated rings. The number of aliphatic hydroxyl groups excluding tert-OH is 1. The smallest absolute Gasteiger partial charge is 0.410 e. The third-order valence-corrected chi connectivity index (χ3v) is 3.79. The van der Waals surface area contributed by atoms with Crippen molar-refractivity contribution in [3.8, 4) is 5.75 Å². The molecule has 138 valence electrons. The number of ether oxygens (including phenoxy) is 2. The summed E-state index contributed by atoms with van der Waals surface area (Å²) >= 11 is 0. The maximum Gasteiger partial charge on any atom is 0.410 e. The van der Waals surface area contributed by atoms with Crippen molar-refractivity contribution < 1.29 is 24.2 Å². The summed E-state index contributed by atoms with van der Waals surface area (Å²) in [6.07, 6.45) is -1.11. The molecule has 1 aromatic carbocycles. The van der Waals surface area contributed by atoms with Gasteiger partial charge < -0.3 is 19.9 Å². The number of β-amino-alcohol motifs (C(OH)–C–C–N with tert-alkyl or cyclic N) is 1. The lowest BCUT2D eigenvalue weighted by atomic mass is 10.2. The van der Waals surface area contributed by atoms with Gasteiger partial charge in [-0.25, -0.2) is 4.79 Å². The van der Waals surface area contributed by atoms with Crippen molar-refractivity contribution in [2.45, 2.75) is 39.3 Å². The Labute approximate surface area is 147 Å². The van der Waals surface area contributed by atoms with Crippen LogP contribution in [0.25, 0.3) is 0 Å². The van der Waals surface area contributed by atoms with Crippen LogP contribution in [0.3, 0.4) is 0 Å². The van der Waals surface area contributed by atoms with Gasteiger partial charge in [-0.3, -0.25) is 9.69 Å². The van der Waals surface area contributed by atoms with Gasteiger partial charge >= 0.3 is 6.09 Å². The van der Waals surface area contributed by atoms with E-state index < -0.39 is 18.2 Å². The molecule has 2 N–H and O–H groups in total. The van der Waals surface area contributed by atoms with E-state index in [1.807, 2.05) is 20.8 Å². The molecule has 0 saturated carbocycles. The van der Waals surface area contributed by atoms with Gasteiger partial charge in [-0.05, 0) is 37.1 Å². The average molecular weight is 350 g/mol. The summed E-state index contributed by atoms with van der Waals surface area (Å²) < 4.78 is 10.5. The van der Waals surface area contributed by atoms with Crippen LogP contribution in [0.15, 0.2) is 24.3 Å². The largest absolute Gasteiger partial charge is 0.494 e. The number of rotatable bonds is 6. The first kappa shape index (κ1) is 19.1. The van der Waals surface area contributed by atoms with E-state index in [4.69, 9.17) is 9.47 Å². The molecule has 0 bridgehead atoms. The Morgan fingerprint density at radius 2 is 2.00 bits per heavy atom. The molecule has 0 aliphatic carbocycles. The number of anilines is 1. The number of aliphatic hydroxyl groups is 1. The molecule has 2 atom stereocenters. The quantitative estimate of drug-likeness (QED) is 0.821. The zero-order chi connectivity index (χ0) is 18.4. The van der Waals surface area contributed by atoms with E-state index in [2.05, 4.69) is 5.32 Å². The molecular weight excluding hydrogens is 324 g/mol. The zero-order valence-corrected chi connectivity index (χ0v) is 14.9. The first-order valence-corrected chi connectivity index (χ1v) is 8.55. The normalized spacial score (nSPS) is 19.8. The Morgan fingerprint density at radius 3 is 2.60 bits per heavy atom. The fraction of sp³-hybridized carbons (Fsp3) is 0.556. The molecule has 2 unspecified atom stereocenters. The van der Waals surface area contributed by atoms with E-state index in [1.165, 1.54) is 4.90 Å². The van der Waals surface area contributed by atoms with Crippen LogP contribution in [0.1, 0.15) is 27.2 Å². The number of nitrogens with zero attached hydrogens (tertiary/aromatic N) is 1. The van der Waals surface area contributed by atoms with Gasteiger partial charge in [0.15, 0.2) is 0 Å². The molecule has 25 heavy (non-hydrogen) atoms. The Bertz CT molecular complexity index is 588. The van der Waals surface area contributed by atoms with Crippen LogP contribution in [-0.2, 0) is 9.53 Å². The van der Waals surface area contributed by atoms with Crippen LogP contribution in [-0.4, -0.2) is 53.9 Å². The van der Waals surface area contributed by atoms with Crippen molar-refractivity contribution >= 4 is 17.7 Å². The minimum Gasteiger partial charge on any atom is -0.494 e. The fourth-order valence-electron chi connectivity index (χ4n) is 2.61. The standard InChI is InChI=1S/C18H26N2O5/c1-4-24-15-7-5-13(6-8-15)19-17(22)16-9-14(21)10-20(16)18(23)25-11-12(2)3/h5-8,12,14,16,21H,4,9-11H2,1-3H3,(H,19,22). The molecule has 1 heterocycles. The molecule has 7 heteroatoms. The van der Waals surface area contributed by atoms with Crippen LogP contribution < -0.4 is 10.1 Å². The minimum atomic E-state index is -0.749. The van der Waals surface area contributed by atoms with Gasteiger partial charge in [-0.15, -0.1) is 0 Å². The number of hydrogen-bond donors (Lipinski definition) is 2. The number of carbonyl (C=O) groups excluding carboxylic acids is 2. The van der Waals surface area contributed by atoms with Crippen molar-refractivity contribution in [2.75, 3.05) is 25.1 Å². The Hall–Kier alpha value is -2.28. The van der Waals surface area contributed by atoms with Gasteiger partial charge in [0.2, 0.25) is 5.91 Å². The summed E-state index contributed by atoms with van der Waals surface area (Å²) in [6.45, 7) is 6.70. The highest BCUT2D eigenvalue weighted by Crippen LogP contribution is 2.22. The number of amides is 2. The molecule has 1 saturated heterocycles. The number of benzene rings is 1. The van der Waals surface area contributed by atoms with Crippen molar-refractivity contribution in [3.05, 3.63) is 24.3 Å². The molecule has 2 rings (SSSR count).